The lowest BCUT2D eigenvalue weighted by Gasteiger charge is -2.55. The van der Waals surface area contributed by atoms with Gasteiger partial charge in [-0.25, -0.2) is 0 Å². The molecule has 1 saturated heterocycles. The smallest absolute Gasteiger partial charge is 0.306 e. The Kier molecular flexibility index (Phi) is 35.1. The van der Waals surface area contributed by atoms with E-state index in [1.54, 1.807) is 12.4 Å². The number of cyclic esters (lactones) is 1. The van der Waals surface area contributed by atoms with Crippen LogP contribution in [0.1, 0.15) is 322 Å². The number of aliphatic carboxylic acids is 1. The Bertz CT molecular complexity index is 4580. The Morgan fingerprint density at radius 2 is 0.815 bits per heavy atom. The topological polar surface area (TPSA) is 453 Å². The molecule has 1 aliphatic heterocycles. The maximum absolute atomic E-state index is 13.5. The largest absolute Gasteiger partial charge is 0.481 e. The van der Waals surface area contributed by atoms with E-state index in [1.807, 2.05) is 0 Å². The van der Waals surface area contributed by atoms with Gasteiger partial charge in [0.1, 0.15) is 28.4 Å². The Balaban J connectivity index is 0.000000203. The number of nitrogens with zero attached hydrogens (tertiary/aromatic N) is 9. The fraction of sp³-hybridized carbons (Fsp3) is 0.758. The second-order valence-electron chi connectivity index (χ2n) is 43.5. The van der Waals surface area contributed by atoms with Crippen LogP contribution in [0.5, 0.6) is 0 Å². The van der Waals surface area contributed by atoms with Crippen molar-refractivity contribution in [3.8, 4) is 0 Å². The van der Waals surface area contributed by atoms with E-state index >= 15 is 0 Å². The highest BCUT2D eigenvalue weighted by molar-refractivity contribution is 5.92. The highest BCUT2D eigenvalue weighted by Gasteiger charge is 2.63. The molecule has 0 aromatic heterocycles. The number of ether oxygens (including phenoxy) is 1. The van der Waals surface area contributed by atoms with Crippen LogP contribution in [0.15, 0.2) is 69.9 Å². The lowest BCUT2D eigenvalue weighted by Crippen LogP contribution is -2.52. The SMILES string of the molecule is CC(C)CCC[C@@H](C)[C@H]1CCC2C(CC(=O)O)C([C@@]3(C)CC[C@H](O)C/C3=N\Nc3ccc([N+](=O)[O-])cc3[N+](=O)[O-])CC[C@@]21C.CC(C)CCC[C@@H](C)[C@H]1CCC2[C@H](C/C=N/Nc3ccc([N+](=O)[O-])cc3[N+](=O)[O-])C([C@@]3(C)CCCCC(=O)O3)CC[C@@]21C.CC(C)CCC[C@@H](C)[C@H]1CCC2[C@H](C/C=N/Nc3ccc([N+](=O)[O-])cc3[N+](=O)[O-])C([C@@]3(C)CC[C@H](O)CC3=O)CC[C@@]21C. The minimum Gasteiger partial charge on any atom is -0.481 e. The third-order valence-corrected chi connectivity index (χ3v) is 34.3. The zero-order valence-corrected chi connectivity index (χ0v) is 79.8. The maximum atomic E-state index is 13.5. The summed E-state index contributed by atoms with van der Waals surface area (Å²) in [6.45, 7) is 34.7. The van der Waals surface area contributed by atoms with E-state index in [9.17, 15) is 90.4 Å². The van der Waals surface area contributed by atoms with E-state index < -0.39 is 86.9 Å². The number of carbonyl (C=O) groups excluding carboxylic acids is 2. The van der Waals surface area contributed by atoms with Gasteiger partial charge in [-0.2, -0.15) is 15.3 Å². The second-order valence-corrected chi connectivity index (χ2v) is 43.5. The minimum absolute atomic E-state index is 0.0268. The number of hydrazone groups is 3. The normalized spacial score (nSPS) is 33.0. The van der Waals surface area contributed by atoms with Gasteiger partial charge in [0.15, 0.2) is 0 Å². The molecule has 1 heterocycles. The van der Waals surface area contributed by atoms with E-state index in [4.69, 9.17) is 4.74 Å². The molecule has 0 bridgehead atoms. The number of ketones is 1. The van der Waals surface area contributed by atoms with Gasteiger partial charge in [-0.05, 0) is 277 Å². The molecule has 7 unspecified atom stereocenters. The number of carboxylic acid groups (broad SMARTS) is 1. The number of aliphatic hydroxyl groups excluding tert-OH is 2. The molecule has 6 N–H and O–H groups in total. The number of benzene rings is 3. The first kappa shape index (κ1) is 103. The summed E-state index contributed by atoms with van der Waals surface area (Å²) in [5, 5.41) is 113. The fourth-order valence-electron chi connectivity index (χ4n) is 27.4. The molecule has 0 radical (unpaired) electrons. The highest BCUT2D eigenvalue weighted by Crippen LogP contribution is 2.68. The van der Waals surface area contributed by atoms with Crippen molar-refractivity contribution in [2.75, 3.05) is 16.3 Å². The third-order valence-electron chi connectivity index (χ3n) is 34.3. The quantitative estimate of drug-likeness (QED) is 0.0136. The first-order chi connectivity index (χ1) is 61.3. The molecule has 9 fully saturated rings. The number of nitro groups is 6. The summed E-state index contributed by atoms with van der Waals surface area (Å²) in [5.41, 5.74) is 5.85. The Morgan fingerprint density at radius 1 is 0.446 bits per heavy atom. The summed E-state index contributed by atoms with van der Waals surface area (Å²) in [5.74, 6) is 7.24. The first-order valence-electron chi connectivity index (χ1n) is 48.8. The molecule has 31 nitrogen and oxygen atoms in total. The summed E-state index contributed by atoms with van der Waals surface area (Å²) in [4.78, 5) is 103. The average molecular weight is 1810 g/mol. The van der Waals surface area contributed by atoms with E-state index in [2.05, 4.69) is 135 Å². The molecule has 31 heteroatoms. The predicted octanol–water partition coefficient (Wildman–Crippen LogP) is 24.4. The summed E-state index contributed by atoms with van der Waals surface area (Å²) < 4.78 is 6.22. The van der Waals surface area contributed by atoms with Gasteiger partial charge in [0, 0.05) is 78.8 Å². The van der Waals surface area contributed by atoms with Gasteiger partial charge in [0.25, 0.3) is 17.1 Å². The summed E-state index contributed by atoms with van der Waals surface area (Å²) in [6, 6.07) is 10.3. The van der Waals surface area contributed by atoms with Crippen molar-refractivity contribution < 1.29 is 64.0 Å². The van der Waals surface area contributed by atoms with Gasteiger partial charge < -0.3 is 20.1 Å². The van der Waals surface area contributed by atoms with Gasteiger partial charge in [-0.15, -0.1) is 0 Å². The monoisotopic (exact) mass is 1810 g/mol. The van der Waals surface area contributed by atoms with Crippen molar-refractivity contribution in [3.05, 3.63) is 115 Å². The first-order valence-corrected chi connectivity index (χ1v) is 48.8. The van der Waals surface area contributed by atoms with Crippen molar-refractivity contribution in [2.45, 2.75) is 340 Å². The lowest BCUT2D eigenvalue weighted by molar-refractivity contribution is -0.393. The number of carboxylic acids is 1. The molecule has 12 rings (SSSR count). The number of hydrogen-bond acceptors (Lipinski definition) is 24. The van der Waals surface area contributed by atoms with Crippen molar-refractivity contribution >= 4 is 87.0 Å². The zero-order valence-electron chi connectivity index (χ0n) is 79.8. The highest BCUT2D eigenvalue weighted by atomic mass is 16.6. The van der Waals surface area contributed by atoms with E-state index in [-0.39, 0.29) is 117 Å². The van der Waals surface area contributed by atoms with E-state index in [0.29, 0.717) is 110 Å². The fourth-order valence-corrected chi connectivity index (χ4v) is 27.4. The molecule has 9 aliphatic rings. The predicted molar refractivity (Wildman–Crippen MR) is 505 cm³/mol. The molecular weight excluding hydrogens is 1660 g/mol. The summed E-state index contributed by atoms with van der Waals surface area (Å²) in [6.07, 6.45) is 34.1. The number of aliphatic hydroxyl groups is 2. The Morgan fingerprint density at radius 3 is 1.20 bits per heavy atom. The summed E-state index contributed by atoms with van der Waals surface area (Å²) in [7, 11) is 0. The molecule has 3 aromatic carbocycles. The maximum Gasteiger partial charge on any atom is 0.306 e. The molecule has 3 aromatic rings. The number of Topliss-reactive ketones (excluding diaryl/α,β-unsaturated/α-hetero) is 1. The molecule has 23 atom stereocenters. The number of hydrogen-bond donors (Lipinski definition) is 6. The number of non-ortho nitro benzene ring substituents is 3. The van der Waals surface area contributed by atoms with Gasteiger partial charge in [0.05, 0.1) is 59.9 Å². The number of fused-ring (bicyclic) bond motifs is 3. The van der Waals surface area contributed by atoms with Crippen LogP contribution in [-0.2, 0) is 19.1 Å². The number of nitrogens with one attached hydrogen (secondary N) is 3. The Labute approximate surface area is 767 Å². The van der Waals surface area contributed by atoms with Gasteiger partial charge >= 0.3 is 29.0 Å². The number of anilines is 3. The number of rotatable bonds is 36. The number of nitro benzene ring substituents is 6. The van der Waals surface area contributed by atoms with Crippen LogP contribution in [0, 0.1) is 194 Å². The minimum atomic E-state index is -0.796. The van der Waals surface area contributed by atoms with Gasteiger partial charge in [-0.3, -0.25) is 91.3 Å². The second kappa shape index (κ2) is 44.2. The van der Waals surface area contributed by atoms with Crippen molar-refractivity contribution in [1.29, 1.82) is 0 Å². The van der Waals surface area contributed by atoms with Crippen LogP contribution in [0.2, 0.25) is 0 Å². The van der Waals surface area contributed by atoms with Crippen molar-refractivity contribution in [1.82, 2.24) is 0 Å². The van der Waals surface area contributed by atoms with Crippen LogP contribution in [0.3, 0.4) is 0 Å². The van der Waals surface area contributed by atoms with Crippen LogP contribution in [-0.4, -0.2) is 98.5 Å². The standard InChI is InChI=1S/C33H50N4O7.2C33H50N4O6/c1-20(2)7-6-8-21(3)25-10-11-26-24(19-31(39)40)27(14-16-32(25,26)4)33(5)15-13-23(38)18-30(33)35-34-28-12-9-22(36(41)42)17-29(28)37(43)44;1-22(2)9-8-10-23(3)26-13-14-27-25(17-20-34-35-29-15-12-24(36(39)40)21-30(29)37(41)42)28(16-19-32(26,27)4)33(5)18-7-6-11-31(38)43-33;1-21(2)7-6-8-22(3)26-10-11-27-25(15-18-34-35-29-12-9-23(36(40)41)19-30(29)37(42)43)28(14-17-32(26,27)4)33(5)16-13-24(38)20-31(33)39/h9,12,17,20-21,23-27,34,38H,6-8,10-11,13-16,18-19H2,1-5H3,(H,39,40);12,15,20-23,25-28,35H,6-11,13-14,16-19H2,1-5H3;9,12,18-19,21-22,24-28,35,38H,6-8,10-11,13-17,20H2,1-5H3/b35-30+;34-20+;34-18+/t21-,23+,24?,25-,26?,27?,32-,33-;23-,25+,26-,27?,28?,32-,33-;22-,24+,25+,26-,27?,28?,32-,33-/m111/s1. The van der Waals surface area contributed by atoms with Crippen LogP contribution < -0.4 is 16.3 Å². The lowest BCUT2D eigenvalue weighted by atomic mass is 9.49. The van der Waals surface area contributed by atoms with Gasteiger partial charge in [-0.1, -0.05) is 155 Å². The average Bonchev–Trinajstić information content (AvgIpc) is 1.56. The molecule has 8 saturated carbocycles. The Hall–Kier alpha value is -9.00. The zero-order chi connectivity index (χ0) is 95.3. The van der Waals surface area contributed by atoms with E-state index in [0.717, 1.165) is 108 Å². The molecular formula is C99H150N12O19. The van der Waals surface area contributed by atoms with Crippen LogP contribution >= 0.6 is 0 Å². The number of carbonyl (C=O) groups is 3. The van der Waals surface area contributed by atoms with Gasteiger partial charge in [0.2, 0.25) is 0 Å². The van der Waals surface area contributed by atoms with Crippen molar-refractivity contribution in [2.24, 2.45) is 149 Å². The van der Waals surface area contributed by atoms with Crippen LogP contribution in [0.25, 0.3) is 0 Å². The number of esters is 1. The third kappa shape index (κ3) is 24.0. The molecule has 0 amide bonds. The molecule has 0 spiro atoms. The van der Waals surface area contributed by atoms with E-state index in [1.165, 1.54) is 107 Å². The molecule has 720 valence electrons. The van der Waals surface area contributed by atoms with Crippen LogP contribution in [0.4, 0.5) is 51.2 Å². The van der Waals surface area contributed by atoms with Crippen molar-refractivity contribution in [3.63, 3.8) is 0 Å². The molecule has 130 heavy (non-hydrogen) atoms. The summed E-state index contributed by atoms with van der Waals surface area (Å²) >= 11 is 0. The molecule has 8 aliphatic carbocycles.